The van der Waals surface area contributed by atoms with Crippen molar-refractivity contribution in [1.29, 1.82) is 0 Å². The maximum atomic E-state index is 5.58. The summed E-state index contributed by atoms with van der Waals surface area (Å²) in [5, 5.41) is 8.03. The van der Waals surface area contributed by atoms with Crippen molar-refractivity contribution in [3.8, 4) is 0 Å². The Kier molecular flexibility index (Phi) is 2.64. The molecular weight excluding hydrogens is 182 g/mol. The number of hydrogen-bond donors (Lipinski definition) is 1. The number of anilines is 1. The third-order valence-electron chi connectivity index (χ3n) is 2.26. The van der Waals surface area contributed by atoms with Crippen molar-refractivity contribution in [2.45, 2.75) is 12.6 Å². The van der Waals surface area contributed by atoms with Crippen LogP contribution in [0.25, 0.3) is 0 Å². The quantitative estimate of drug-likeness (QED) is 0.671. The van der Waals surface area contributed by atoms with E-state index in [2.05, 4.69) is 22.1 Å². The van der Waals surface area contributed by atoms with Gasteiger partial charge in [0.05, 0.1) is 25.5 Å². The molecule has 1 aromatic rings. The Balaban J connectivity index is 1.90. The molecule has 78 valence electrons. The molecule has 0 amide bonds. The van der Waals surface area contributed by atoms with Crippen LogP contribution >= 0.6 is 0 Å². The Morgan fingerprint density at radius 2 is 2.57 bits per heavy atom. The number of nitrogens with zero attached hydrogens (tertiary/aromatic N) is 4. The number of nitrogen functional groups attached to an aromatic ring is 1. The normalized spacial score (nSPS) is 23.9. The molecule has 6 nitrogen and oxygen atoms in total. The lowest BCUT2D eigenvalue weighted by molar-refractivity contribution is -0.0309. The van der Waals surface area contributed by atoms with Crippen molar-refractivity contribution in [2.75, 3.05) is 32.5 Å². The maximum absolute atomic E-state index is 5.58. The fourth-order valence-electron chi connectivity index (χ4n) is 1.56. The van der Waals surface area contributed by atoms with Gasteiger partial charge in [-0.1, -0.05) is 0 Å². The minimum Gasteiger partial charge on any atom is -0.381 e. The Hall–Kier alpha value is -1.14. The Bertz CT molecular complexity index is 300. The Morgan fingerprint density at radius 3 is 3.21 bits per heavy atom. The van der Waals surface area contributed by atoms with E-state index >= 15 is 0 Å². The molecule has 0 saturated carbocycles. The van der Waals surface area contributed by atoms with Gasteiger partial charge in [0.15, 0.2) is 5.82 Å². The van der Waals surface area contributed by atoms with Gasteiger partial charge in [-0.05, 0) is 7.05 Å². The van der Waals surface area contributed by atoms with Gasteiger partial charge < -0.3 is 15.4 Å². The highest BCUT2D eigenvalue weighted by Gasteiger charge is 2.18. The monoisotopic (exact) mass is 197 g/mol. The standard InChI is InChI=1S/C8H15N5O/c1-12-2-3-14-7(5-12)6-13-10-4-8(9)11-13/h4,7H,2-3,5-6H2,1H3,(H2,9,11). The van der Waals surface area contributed by atoms with Crippen LogP contribution < -0.4 is 5.73 Å². The number of likely N-dealkylation sites (N-methyl/N-ethyl adjacent to an activating group) is 1. The van der Waals surface area contributed by atoms with Crippen LogP contribution in [-0.2, 0) is 11.3 Å². The molecule has 2 rings (SSSR count). The molecular formula is C8H15N5O. The highest BCUT2D eigenvalue weighted by Crippen LogP contribution is 2.05. The van der Waals surface area contributed by atoms with Crippen molar-refractivity contribution in [2.24, 2.45) is 0 Å². The predicted molar refractivity (Wildman–Crippen MR) is 51.7 cm³/mol. The zero-order chi connectivity index (χ0) is 9.97. The predicted octanol–water partition coefficient (Wildman–Crippen LogP) is -0.809. The van der Waals surface area contributed by atoms with Crippen LogP contribution in [0.4, 0.5) is 5.82 Å². The maximum Gasteiger partial charge on any atom is 0.165 e. The van der Waals surface area contributed by atoms with Gasteiger partial charge in [-0.3, -0.25) is 0 Å². The largest absolute Gasteiger partial charge is 0.381 e. The highest BCUT2D eigenvalue weighted by atomic mass is 16.5. The molecule has 1 atom stereocenters. The molecule has 1 saturated heterocycles. The minimum absolute atomic E-state index is 0.167. The average molecular weight is 197 g/mol. The summed E-state index contributed by atoms with van der Waals surface area (Å²) in [7, 11) is 2.08. The van der Waals surface area contributed by atoms with Gasteiger partial charge in [0.25, 0.3) is 0 Å². The molecule has 0 aliphatic carbocycles. The van der Waals surface area contributed by atoms with Crippen LogP contribution in [0.2, 0.25) is 0 Å². The number of rotatable bonds is 2. The van der Waals surface area contributed by atoms with Crippen molar-refractivity contribution in [3.05, 3.63) is 6.20 Å². The summed E-state index contributed by atoms with van der Waals surface area (Å²) in [5.41, 5.74) is 5.47. The lowest BCUT2D eigenvalue weighted by Gasteiger charge is -2.29. The summed E-state index contributed by atoms with van der Waals surface area (Å²) in [4.78, 5) is 3.82. The molecule has 0 aromatic carbocycles. The van der Waals surface area contributed by atoms with Crippen molar-refractivity contribution < 1.29 is 4.74 Å². The van der Waals surface area contributed by atoms with Gasteiger partial charge in [0.2, 0.25) is 0 Å². The number of morpholine rings is 1. The number of nitrogens with two attached hydrogens (primary N) is 1. The number of aromatic nitrogens is 3. The van der Waals surface area contributed by atoms with Crippen LogP contribution in [0, 0.1) is 0 Å². The van der Waals surface area contributed by atoms with E-state index in [1.54, 1.807) is 11.0 Å². The van der Waals surface area contributed by atoms with E-state index in [9.17, 15) is 0 Å². The first kappa shape index (κ1) is 9.42. The molecule has 6 heteroatoms. The topological polar surface area (TPSA) is 69.2 Å². The summed E-state index contributed by atoms with van der Waals surface area (Å²) >= 11 is 0. The molecule has 1 fully saturated rings. The van der Waals surface area contributed by atoms with Crippen LogP contribution in [0.15, 0.2) is 6.20 Å². The lowest BCUT2D eigenvalue weighted by atomic mass is 10.3. The van der Waals surface area contributed by atoms with E-state index < -0.39 is 0 Å². The van der Waals surface area contributed by atoms with Crippen LogP contribution in [-0.4, -0.2) is 52.7 Å². The Labute approximate surface area is 82.6 Å². The van der Waals surface area contributed by atoms with Crippen LogP contribution in [0.3, 0.4) is 0 Å². The van der Waals surface area contributed by atoms with Gasteiger partial charge >= 0.3 is 0 Å². The first-order valence-corrected chi connectivity index (χ1v) is 4.70. The summed E-state index contributed by atoms with van der Waals surface area (Å²) in [5.74, 6) is 0.453. The van der Waals surface area contributed by atoms with E-state index in [0.29, 0.717) is 12.4 Å². The fourth-order valence-corrected chi connectivity index (χ4v) is 1.56. The molecule has 2 heterocycles. The number of hydrogen-bond acceptors (Lipinski definition) is 5. The smallest absolute Gasteiger partial charge is 0.165 e. The van der Waals surface area contributed by atoms with Crippen molar-refractivity contribution in [3.63, 3.8) is 0 Å². The van der Waals surface area contributed by atoms with Crippen LogP contribution in [0.1, 0.15) is 0 Å². The number of ether oxygens (including phenoxy) is 1. The second-order valence-corrected chi connectivity index (χ2v) is 3.58. The van der Waals surface area contributed by atoms with E-state index in [-0.39, 0.29) is 6.10 Å². The third-order valence-corrected chi connectivity index (χ3v) is 2.26. The van der Waals surface area contributed by atoms with Gasteiger partial charge in [-0.25, -0.2) is 0 Å². The zero-order valence-electron chi connectivity index (χ0n) is 8.26. The van der Waals surface area contributed by atoms with Gasteiger partial charge in [-0.15, -0.1) is 5.10 Å². The molecule has 14 heavy (non-hydrogen) atoms. The first-order chi connectivity index (χ1) is 6.74. The Morgan fingerprint density at radius 1 is 1.71 bits per heavy atom. The first-order valence-electron chi connectivity index (χ1n) is 4.70. The molecule has 1 aliphatic rings. The molecule has 1 aliphatic heterocycles. The van der Waals surface area contributed by atoms with Gasteiger partial charge in [0, 0.05) is 13.1 Å². The highest BCUT2D eigenvalue weighted by molar-refractivity contribution is 5.19. The van der Waals surface area contributed by atoms with Crippen molar-refractivity contribution in [1.82, 2.24) is 19.9 Å². The molecule has 1 unspecified atom stereocenters. The van der Waals surface area contributed by atoms with E-state index in [1.807, 2.05) is 0 Å². The summed E-state index contributed by atoms with van der Waals surface area (Å²) in [6.07, 6.45) is 1.72. The third kappa shape index (κ3) is 2.21. The van der Waals surface area contributed by atoms with Gasteiger partial charge in [-0.2, -0.15) is 9.90 Å². The summed E-state index contributed by atoms with van der Waals surface area (Å²) in [6, 6.07) is 0. The van der Waals surface area contributed by atoms with E-state index in [4.69, 9.17) is 10.5 Å². The van der Waals surface area contributed by atoms with Gasteiger partial charge in [0.1, 0.15) is 0 Å². The second-order valence-electron chi connectivity index (χ2n) is 3.58. The lowest BCUT2D eigenvalue weighted by Crippen LogP contribution is -2.42. The zero-order valence-corrected chi connectivity index (χ0v) is 8.26. The van der Waals surface area contributed by atoms with Crippen molar-refractivity contribution >= 4 is 5.82 Å². The molecule has 0 radical (unpaired) electrons. The van der Waals surface area contributed by atoms with E-state index in [1.165, 1.54) is 0 Å². The molecule has 0 bridgehead atoms. The summed E-state index contributed by atoms with van der Waals surface area (Å²) < 4.78 is 5.58. The SMILES string of the molecule is CN1CCOC(Cn2ncc(N)n2)C1. The average Bonchev–Trinajstić information content (AvgIpc) is 2.51. The fraction of sp³-hybridized carbons (Fsp3) is 0.750. The molecule has 0 spiro atoms. The molecule has 1 aromatic heterocycles. The second kappa shape index (κ2) is 3.93. The summed E-state index contributed by atoms with van der Waals surface area (Å²) in [6.45, 7) is 3.35. The van der Waals surface area contributed by atoms with E-state index in [0.717, 1.165) is 19.7 Å². The van der Waals surface area contributed by atoms with Crippen LogP contribution in [0.5, 0.6) is 0 Å². The molecule has 2 N–H and O–H groups in total. The minimum atomic E-state index is 0.167.